The molecule has 0 radical (unpaired) electrons. The first kappa shape index (κ1) is 42.5. The van der Waals surface area contributed by atoms with E-state index in [-0.39, 0.29) is 18.9 Å². The molecule has 4 rings (SSSR count). The second kappa shape index (κ2) is 18.9. The molecular formula is C41H49N5O10. The van der Waals surface area contributed by atoms with E-state index in [1.807, 2.05) is 48.5 Å². The van der Waals surface area contributed by atoms with Crippen LogP contribution in [0.15, 0.2) is 72.8 Å². The van der Waals surface area contributed by atoms with Crippen LogP contribution in [-0.4, -0.2) is 91.7 Å². The summed E-state index contributed by atoms with van der Waals surface area (Å²) in [5, 5.41) is 12.4. The molecule has 0 bridgehead atoms. The number of carbonyl (C=O) groups excluding carboxylic acids is 7. The summed E-state index contributed by atoms with van der Waals surface area (Å²) < 4.78 is 15.7. The molecule has 5 N–H and O–H groups in total. The molecule has 0 fully saturated rings. The summed E-state index contributed by atoms with van der Waals surface area (Å²) in [7, 11) is 1.17. The number of fused-ring (bicyclic) bond motifs is 3. The molecule has 0 saturated carbocycles. The Bertz CT molecular complexity index is 1900. The molecule has 0 aliphatic heterocycles. The van der Waals surface area contributed by atoms with Crippen molar-refractivity contribution in [1.82, 2.24) is 26.6 Å². The number of hydrogen-bond acceptors (Lipinski definition) is 10. The summed E-state index contributed by atoms with van der Waals surface area (Å²) in [5.41, 5.74) is 4.53. The fourth-order valence-electron chi connectivity index (χ4n) is 5.95. The Morgan fingerprint density at radius 1 is 0.679 bits per heavy atom. The van der Waals surface area contributed by atoms with Crippen LogP contribution in [0, 0.1) is 0 Å². The van der Waals surface area contributed by atoms with E-state index >= 15 is 0 Å². The van der Waals surface area contributed by atoms with Gasteiger partial charge in [0.15, 0.2) is 0 Å². The van der Waals surface area contributed by atoms with Gasteiger partial charge >= 0.3 is 18.0 Å². The molecule has 1 aliphatic carbocycles. The summed E-state index contributed by atoms with van der Waals surface area (Å²) in [4.78, 5) is 88.5. The lowest BCUT2D eigenvalue weighted by Crippen LogP contribution is -2.56. The van der Waals surface area contributed by atoms with Crippen LogP contribution in [0.5, 0.6) is 0 Å². The first-order valence-electron chi connectivity index (χ1n) is 18.2. The van der Waals surface area contributed by atoms with Crippen molar-refractivity contribution in [2.24, 2.45) is 0 Å². The predicted octanol–water partition coefficient (Wildman–Crippen LogP) is 2.90. The second-order valence-electron chi connectivity index (χ2n) is 14.4. The first-order valence-corrected chi connectivity index (χ1v) is 18.2. The number of benzene rings is 3. The summed E-state index contributed by atoms with van der Waals surface area (Å²) in [5.74, 6) is -4.13. The molecular weight excluding hydrogens is 722 g/mol. The van der Waals surface area contributed by atoms with Crippen LogP contribution >= 0.6 is 0 Å². The summed E-state index contributed by atoms with van der Waals surface area (Å²) in [6.45, 7) is 9.07. The van der Waals surface area contributed by atoms with Gasteiger partial charge in [0, 0.05) is 12.3 Å². The molecule has 3 aromatic rings. The van der Waals surface area contributed by atoms with E-state index in [2.05, 4.69) is 26.6 Å². The standard InChI is InChI=1S/C41H49N5O10/c1-23(43-34(47)21-42-40(53)55-22-32-30-14-10-8-12-28(30)29-13-9-11-15-31(29)32)35(48)44-24(2)36(49)45-25(3)37(50)46-33(39(52)54-7)20-26-16-18-27(19-17-26)38(51)56-41(4,5)6/h8-19,23-25,32-33H,20-22H2,1-7H3,(H,42,53)(H,43,47)(H,44,48)(H,45,49)(H,46,50). The van der Waals surface area contributed by atoms with Gasteiger partial charge in [-0.2, -0.15) is 0 Å². The lowest BCUT2D eigenvalue weighted by molar-refractivity contribution is -0.145. The predicted molar refractivity (Wildman–Crippen MR) is 205 cm³/mol. The fourth-order valence-corrected chi connectivity index (χ4v) is 5.95. The van der Waals surface area contributed by atoms with E-state index in [9.17, 15) is 33.6 Å². The maximum atomic E-state index is 13.0. The van der Waals surface area contributed by atoms with Crippen LogP contribution in [0.4, 0.5) is 4.79 Å². The van der Waals surface area contributed by atoms with E-state index in [4.69, 9.17) is 14.2 Å². The lowest BCUT2D eigenvalue weighted by atomic mass is 9.98. The maximum Gasteiger partial charge on any atom is 0.407 e. The van der Waals surface area contributed by atoms with Crippen LogP contribution < -0.4 is 26.6 Å². The van der Waals surface area contributed by atoms with Crippen LogP contribution in [0.25, 0.3) is 11.1 Å². The maximum absolute atomic E-state index is 13.0. The molecule has 15 nitrogen and oxygen atoms in total. The number of ether oxygens (including phenoxy) is 3. The Morgan fingerprint density at radius 2 is 1.18 bits per heavy atom. The van der Waals surface area contributed by atoms with E-state index < -0.39 is 78.0 Å². The zero-order valence-electron chi connectivity index (χ0n) is 32.5. The zero-order valence-corrected chi connectivity index (χ0v) is 32.5. The summed E-state index contributed by atoms with van der Waals surface area (Å²) >= 11 is 0. The number of hydrogen-bond donors (Lipinski definition) is 5. The van der Waals surface area contributed by atoms with Gasteiger partial charge in [0.25, 0.3) is 0 Å². The number of esters is 2. The highest BCUT2D eigenvalue weighted by Gasteiger charge is 2.30. The second-order valence-corrected chi connectivity index (χ2v) is 14.4. The first-order chi connectivity index (χ1) is 26.5. The van der Waals surface area contributed by atoms with Crippen molar-refractivity contribution in [2.45, 2.75) is 83.6 Å². The third kappa shape index (κ3) is 11.6. The Balaban J connectivity index is 1.19. The van der Waals surface area contributed by atoms with E-state index in [0.717, 1.165) is 22.3 Å². The van der Waals surface area contributed by atoms with Gasteiger partial charge in [-0.1, -0.05) is 60.7 Å². The minimum absolute atomic E-state index is 0.0327. The molecule has 4 atom stereocenters. The molecule has 0 aromatic heterocycles. The average Bonchev–Trinajstić information content (AvgIpc) is 3.48. The van der Waals surface area contributed by atoms with Crippen LogP contribution in [0.1, 0.15) is 74.5 Å². The SMILES string of the molecule is COC(=O)C(Cc1ccc(C(=O)OC(C)(C)C)cc1)NC(=O)C(C)NC(=O)C(C)NC(=O)C(C)NC(=O)CNC(=O)OCC1c2ccccc2-c2ccccc21. The van der Waals surface area contributed by atoms with Gasteiger partial charge in [0.2, 0.25) is 23.6 Å². The quantitative estimate of drug-likeness (QED) is 0.113. The van der Waals surface area contributed by atoms with E-state index in [0.29, 0.717) is 11.1 Å². The Kier molecular flexibility index (Phi) is 14.3. The molecule has 3 aromatic carbocycles. The Hall–Kier alpha value is -6.25. The third-order valence-electron chi connectivity index (χ3n) is 8.84. The normalized spacial score (nSPS) is 14.0. The van der Waals surface area contributed by atoms with Crippen molar-refractivity contribution in [2.75, 3.05) is 20.3 Å². The van der Waals surface area contributed by atoms with Crippen molar-refractivity contribution in [1.29, 1.82) is 0 Å². The molecule has 15 heteroatoms. The van der Waals surface area contributed by atoms with Crippen LogP contribution in [0.2, 0.25) is 0 Å². The molecule has 0 spiro atoms. The van der Waals surface area contributed by atoms with Gasteiger partial charge in [-0.3, -0.25) is 19.2 Å². The van der Waals surface area contributed by atoms with Crippen molar-refractivity contribution in [3.8, 4) is 11.1 Å². The van der Waals surface area contributed by atoms with Gasteiger partial charge in [-0.05, 0) is 81.5 Å². The smallest absolute Gasteiger partial charge is 0.407 e. The van der Waals surface area contributed by atoms with E-state index in [1.165, 1.54) is 27.9 Å². The fraction of sp³-hybridized carbons (Fsp3) is 0.390. The number of nitrogens with one attached hydrogen (secondary N) is 5. The van der Waals surface area contributed by atoms with Gasteiger partial charge < -0.3 is 40.8 Å². The number of carbonyl (C=O) groups is 7. The Labute approximate surface area is 325 Å². The minimum Gasteiger partial charge on any atom is -0.467 e. The lowest BCUT2D eigenvalue weighted by Gasteiger charge is -2.22. The Morgan fingerprint density at radius 3 is 1.70 bits per heavy atom. The van der Waals surface area contributed by atoms with Gasteiger partial charge in [-0.15, -0.1) is 0 Å². The van der Waals surface area contributed by atoms with Crippen LogP contribution in [-0.2, 0) is 44.6 Å². The molecule has 5 amide bonds. The van der Waals surface area contributed by atoms with E-state index in [1.54, 1.807) is 45.0 Å². The van der Waals surface area contributed by atoms with Crippen molar-refractivity contribution in [3.05, 3.63) is 95.1 Å². The van der Waals surface area contributed by atoms with Crippen molar-refractivity contribution >= 4 is 41.7 Å². The number of alkyl carbamates (subject to hydrolysis) is 1. The molecule has 4 unspecified atom stereocenters. The number of methoxy groups -OCH3 is 1. The monoisotopic (exact) mass is 771 g/mol. The molecule has 0 saturated heterocycles. The molecule has 0 heterocycles. The third-order valence-corrected chi connectivity index (χ3v) is 8.84. The molecule has 1 aliphatic rings. The highest BCUT2D eigenvalue weighted by molar-refractivity contribution is 5.95. The minimum atomic E-state index is -1.12. The number of amides is 5. The van der Waals surface area contributed by atoms with Crippen LogP contribution in [0.3, 0.4) is 0 Å². The topological polar surface area (TPSA) is 207 Å². The largest absolute Gasteiger partial charge is 0.467 e. The highest BCUT2D eigenvalue weighted by atomic mass is 16.6. The van der Waals surface area contributed by atoms with Crippen molar-refractivity contribution in [3.63, 3.8) is 0 Å². The number of rotatable bonds is 15. The summed E-state index contributed by atoms with van der Waals surface area (Å²) in [6.07, 6.45) is -0.764. The highest BCUT2D eigenvalue weighted by Crippen LogP contribution is 2.44. The average molecular weight is 772 g/mol. The van der Waals surface area contributed by atoms with Crippen molar-refractivity contribution < 1.29 is 47.8 Å². The zero-order chi connectivity index (χ0) is 41.2. The van der Waals surface area contributed by atoms with Gasteiger partial charge in [-0.25, -0.2) is 14.4 Å². The van der Waals surface area contributed by atoms with Gasteiger partial charge in [0.05, 0.1) is 12.7 Å². The summed E-state index contributed by atoms with van der Waals surface area (Å²) in [6, 6.07) is 17.7. The molecule has 298 valence electrons. The van der Waals surface area contributed by atoms with Gasteiger partial charge in [0.1, 0.15) is 42.9 Å². The molecule has 56 heavy (non-hydrogen) atoms.